The van der Waals surface area contributed by atoms with E-state index in [1.165, 1.54) is 101 Å². The van der Waals surface area contributed by atoms with Crippen LogP contribution in [-0.2, 0) is 38.3 Å². The zero-order valence-electron chi connectivity index (χ0n) is 68.5. The van der Waals surface area contributed by atoms with Crippen molar-refractivity contribution in [3.05, 3.63) is 308 Å². The molecule has 0 aliphatic rings. The van der Waals surface area contributed by atoms with Gasteiger partial charge in [-0.05, 0) is 306 Å². The molecule has 6 N–H and O–H groups in total. The standard InChI is InChI=1S/C30H24N2.6C11H17N.2Mo/c1-25(23-31(27-15-7-3-8-16-27)28-17-9-4-10-18-28)26(2)24-32(29-19-11-5-12-20-29)30-21-13-6-14-22-30;6*1-8(2)12-11-6-9(3)5-10(4)7-11;;/h3-22H,23-24H2;6*5-8,12H,1-4H3;;/b26-25+;;;;;;;;. The van der Waals surface area contributed by atoms with Crippen molar-refractivity contribution in [3.63, 3.8) is 0 Å². The van der Waals surface area contributed by atoms with E-state index in [2.05, 4.69) is 447 Å². The second-order valence-electron chi connectivity index (χ2n) is 29.7. The maximum absolute atomic E-state index is 3.49. The zero-order valence-corrected chi connectivity index (χ0v) is 72.5. The first-order chi connectivity index (χ1) is 50.2. The maximum atomic E-state index is 3.49. The van der Waals surface area contributed by atoms with Crippen molar-refractivity contribution in [3.8, 4) is 8.40 Å². The molecule has 0 aliphatic carbocycles. The molecule has 0 aromatic heterocycles. The van der Waals surface area contributed by atoms with E-state index in [0.29, 0.717) is 49.3 Å². The number of anilines is 10. The molecule has 0 saturated carbocycles. The number of hydrogen-bond donors (Lipinski definition) is 6. The van der Waals surface area contributed by atoms with Gasteiger partial charge in [-0.2, -0.15) is 0 Å². The molecule has 0 radical (unpaired) electrons. The van der Waals surface area contributed by atoms with Gasteiger partial charge in [0.05, 0.1) is 0 Å². The molecule has 106 heavy (non-hydrogen) atoms. The van der Waals surface area contributed by atoms with E-state index in [4.69, 9.17) is 0 Å². The van der Waals surface area contributed by atoms with Crippen molar-refractivity contribution in [1.29, 1.82) is 0 Å². The minimum atomic E-state index is 0.506. The fraction of sp³-hybridized carbons (Fsp3) is 0.333. The van der Waals surface area contributed by atoms with Crippen LogP contribution < -0.4 is 41.7 Å². The monoisotopic (exact) mass is 1590 g/mol. The van der Waals surface area contributed by atoms with Gasteiger partial charge in [-0.15, -0.1) is 0 Å². The summed E-state index contributed by atoms with van der Waals surface area (Å²) in [5, 5.41) is 20.3. The Morgan fingerprint density at radius 3 is 0.481 bits per heavy atom. The van der Waals surface area contributed by atoms with Crippen molar-refractivity contribution < 1.29 is 38.3 Å². The van der Waals surface area contributed by atoms with Crippen LogP contribution in [0.2, 0.25) is 0 Å². The van der Waals surface area contributed by atoms with Crippen LogP contribution in [0, 0.1) is 91.5 Å². The molecule has 10 heteroatoms. The van der Waals surface area contributed by atoms with Crippen LogP contribution in [0.3, 0.4) is 0 Å². The Morgan fingerprint density at radius 1 is 0.236 bits per heavy atom. The molecule has 0 heterocycles. The number of hydrogen-bond acceptors (Lipinski definition) is 8. The van der Waals surface area contributed by atoms with E-state index in [-0.39, 0.29) is 0 Å². The molecular weight excluding hydrogens is 1460 g/mol. The van der Waals surface area contributed by atoms with Gasteiger partial charge in [0.25, 0.3) is 0 Å². The predicted molar refractivity (Wildman–Crippen MR) is 463 cm³/mol. The molecule has 562 valence electrons. The molecule has 0 aliphatic heterocycles. The number of rotatable bonds is 20. The Bertz CT molecular complexity index is 3570. The predicted octanol–water partition coefficient (Wildman–Crippen LogP) is 25.7. The third-order valence-corrected chi connectivity index (χ3v) is 16.8. The van der Waals surface area contributed by atoms with Crippen LogP contribution in [0.25, 0.3) is 0 Å². The number of nitrogens with zero attached hydrogens (tertiary/aromatic N) is 2. The number of benzene rings is 10. The molecule has 8 nitrogen and oxygen atoms in total. The summed E-state index contributed by atoms with van der Waals surface area (Å²) in [6.07, 6.45) is 0. The van der Waals surface area contributed by atoms with E-state index in [1.54, 1.807) is 0 Å². The van der Waals surface area contributed by atoms with Crippen LogP contribution in [0.5, 0.6) is 0 Å². The first-order valence-electron chi connectivity index (χ1n) is 37.6. The molecule has 0 fully saturated rings. The molecule has 10 rings (SSSR count). The Morgan fingerprint density at radius 2 is 0.368 bits per heavy atom. The Balaban J connectivity index is 0.000000279. The molecule has 0 bridgehead atoms. The van der Waals surface area contributed by atoms with Gasteiger partial charge in [0.2, 0.25) is 0 Å². The SMILES string of the molecule is Cc1cc(C)cc(NC(C)C)c1.Cc1cc(C)cc(NC(C)C)c1.Cc1cc(C)cc(NC(C)C)c1.Cc1cc(C)cc(NC(C)C)c1.Cc1cc(C)cc(NC(C)C)c1.Cc1cc(C)cc(NC(C)C)c1.[Mo]#[C]/C(CN(c1ccccc1)c1ccccc1)=C(/[C]#[Mo])CN(c1ccccc1)c1ccccc1. The van der Waals surface area contributed by atoms with Crippen LogP contribution in [0.1, 0.15) is 150 Å². The summed E-state index contributed by atoms with van der Waals surface area (Å²) in [5.41, 5.74) is 30.1. The van der Waals surface area contributed by atoms with Crippen LogP contribution in [0.15, 0.2) is 242 Å². The van der Waals surface area contributed by atoms with Gasteiger partial charge in [0.15, 0.2) is 0 Å². The van der Waals surface area contributed by atoms with E-state index in [0.717, 1.165) is 33.9 Å². The first-order valence-corrected chi connectivity index (χ1v) is 39.6. The van der Waals surface area contributed by atoms with Crippen molar-refractivity contribution in [2.24, 2.45) is 0 Å². The fourth-order valence-corrected chi connectivity index (χ4v) is 13.1. The summed E-state index contributed by atoms with van der Waals surface area (Å²) in [4.78, 5) is 4.67. The summed E-state index contributed by atoms with van der Waals surface area (Å²) in [6, 6.07) is 84.4. The van der Waals surface area contributed by atoms with Crippen LogP contribution in [-0.4, -0.2) is 49.3 Å². The van der Waals surface area contributed by atoms with E-state index < -0.39 is 0 Å². The molecule has 0 unspecified atom stereocenters. The van der Waals surface area contributed by atoms with Gasteiger partial charge < -0.3 is 31.9 Å². The number of nitrogens with one attached hydrogen (secondary N) is 6. The van der Waals surface area contributed by atoms with Crippen molar-refractivity contribution in [2.45, 2.75) is 202 Å². The zero-order chi connectivity index (χ0) is 78.4. The molecule has 0 saturated heterocycles. The van der Waals surface area contributed by atoms with Crippen LogP contribution >= 0.6 is 0 Å². The van der Waals surface area contributed by atoms with E-state index in [1.807, 2.05) is 38.3 Å². The second-order valence-corrected chi connectivity index (χ2v) is 30.7. The summed E-state index contributed by atoms with van der Waals surface area (Å²) in [5.74, 6) is 0. The summed E-state index contributed by atoms with van der Waals surface area (Å²) >= 11 is 3.83. The minimum absolute atomic E-state index is 0.506. The van der Waals surface area contributed by atoms with Gasteiger partial charge in [0.1, 0.15) is 0 Å². The van der Waals surface area contributed by atoms with Gasteiger partial charge >= 0.3 is 225 Å². The van der Waals surface area contributed by atoms with Crippen LogP contribution in [0.4, 0.5) is 56.9 Å². The Labute approximate surface area is 664 Å². The van der Waals surface area contributed by atoms with Gasteiger partial charge in [-0.25, -0.2) is 0 Å². The van der Waals surface area contributed by atoms with Crippen molar-refractivity contribution in [2.75, 3.05) is 54.8 Å². The molecule has 0 spiro atoms. The fourth-order valence-electron chi connectivity index (χ4n) is 12.1. The second kappa shape index (κ2) is 47.8. The summed E-state index contributed by atoms with van der Waals surface area (Å²) in [7, 11) is 0. The average molecular weight is 1580 g/mol. The van der Waals surface area contributed by atoms with Gasteiger partial charge in [-0.1, -0.05) is 36.4 Å². The molecule has 0 amide bonds. The Hall–Kier alpha value is -8.72. The van der Waals surface area contributed by atoms with E-state index >= 15 is 0 Å². The average Bonchev–Trinajstić information content (AvgIpc) is 0.823. The first kappa shape index (κ1) is 89.7. The summed E-state index contributed by atoms with van der Waals surface area (Å²) < 4.78 is 6.98. The number of aryl methyl sites for hydroxylation is 12. The third kappa shape index (κ3) is 37.0. The van der Waals surface area contributed by atoms with E-state index in [9.17, 15) is 0 Å². The molecule has 10 aromatic rings. The molecule has 0 atom stereocenters. The summed E-state index contributed by atoms with van der Waals surface area (Å²) in [6.45, 7) is 52.7. The molecular formula is C96H126Mo2N8. The normalized spacial score (nSPS) is 10.6. The van der Waals surface area contributed by atoms with Gasteiger partial charge in [0, 0.05) is 70.4 Å². The van der Waals surface area contributed by atoms with Crippen molar-refractivity contribution >= 4 is 56.9 Å². The van der Waals surface area contributed by atoms with Gasteiger partial charge in [-0.3, -0.25) is 0 Å². The number of para-hydroxylation sites is 4. The van der Waals surface area contributed by atoms with Crippen molar-refractivity contribution in [1.82, 2.24) is 0 Å². The quantitative estimate of drug-likeness (QED) is 0.0422. The Kier molecular flexibility index (Phi) is 40.4. The topological polar surface area (TPSA) is 78.7 Å². The third-order valence-electron chi connectivity index (χ3n) is 15.6. The molecule has 10 aromatic carbocycles.